The standard InChI is InChI=1S/C24H24FN3O2S/c1-16-14-21-22(27-24(29-2)28-23(21)31-16)26-13-3-4-17-5-7-18(8-6-17)19-9-11-20(12-10-19)30-15-25/h5-12,14H,3-4,13,15H2,1-2H3,(H,26,27,28). The van der Waals surface area contributed by atoms with Crippen LogP contribution in [0, 0.1) is 6.92 Å². The summed E-state index contributed by atoms with van der Waals surface area (Å²) in [5.41, 5.74) is 3.48. The van der Waals surface area contributed by atoms with Crippen molar-refractivity contribution in [2.45, 2.75) is 19.8 Å². The summed E-state index contributed by atoms with van der Waals surface area (Å²) in [4.78, 5) is 11.0. The number of fused-ring (bicyclic) bond motifs is 1. The van der Waals surface area contributed by atoms with E-state index in [-0.39, 0.29) is 0 Å². The molecule has 0 spiro atoms. The molecule has 2 heterocycles. The van der Waals surface area contributed by atoms with Crippen LogP contribution in [0.1, 0.15) is 16.9 Å². The summed E-state index contributed by atoms with van der Waals surface area (Å²) in [6, 6.07) is 18.4. The lowest BCUT2D eigenvalue weighted by atomic mass is 10.0. The van der Waals surface area contributed by atoms with E-state index in [4.69, 9.17) is 9.47 Å². The number of alkyl halides is 1. The van der Waals surface area contributed by atoms with Crippen LogP contribution in [0.2, 0.25) is 0 Å². The molecule has 5 nitrogen and oxygen atoms in total. The predicted molar refractivity (Wildman–Crippen MR) is 124 cm³/mol. The molecule has 0 fully saturated rings. The van der Waals surface area contributed by atoms with Gasteiger partial charge in [0.25, 0.3) is 0 Å². The smallest absolute Gasteiger partial charge is 0.319 e. The maximum atomic E-state index is 12.2. The average Bonchev–Trinajstić information content (AvgIpc) is 3.18. The van der Waals surface area contributed by atoms with Crippen LogP contribution in [0.25, 0.3) is 21.3 Å². The minimum Gasteiger partial charge on any atom is -0.467 e. The third-order valence-electron chi connectivity index (χ3n) is 4.98. The van der Waals surface area contributed by atoms with Crippen molar-refractivity contribution < 1.29 is 13.9 Å². The third-order valence-corrected chi connectivity index (χ3v) is 5.92. The zero-order valence-electron chi connectivity index (χ0n) is 17.5. The van der Waals surface area contributed by atoms with E-state index in [1.165, 1.54) is 10.4 Å². The van der Waals surface area contributed by atoms with Crippen molar-refractivity contribution in [2.75, 3.05) is 25.8 Å². The van der Waals surface area contributed by atoms with Gasteiger partial charge in [-0.3, -0.25) is 0 Å². The number of thiophene rings is 1. The Balaban J connectivity index is 1.34. The van der Waals surface area contributed by atoms with E-state index in [9.17, 15) is 4.39 Å². The van der Waals surface area contributed by atoms with Gasteiger partial charge in [0.2, 0.25) is 6.86 Å². The normalized spacial score (nSPS) is 10.9. The topological polar surface area (TPSA) is 56.3 Å². The second kappa shape index (κ2) is 9.75. The molecule has 2 aromatic carbocycles. The molecule has 0 atom stereocenters. The van der Waals surface area contributed by atoms with Crippen LogP contribution in [0.3, 0.4) is 0 Å². The van der Waals surface area contributed by atoms with E-state index >= 15 is 0 Å². The maximum Gasteiger partial charge on any atom is 0.319 e. The van der Waals surface area contributed by atoms with Gasteiger partial charge in [-0.1, -0.05) is 36.4 Å². The van der Waals surface area contributed by atoms with Gasteiger partial charge in [-0.2, -0.15) is 9.97 Å². The summed E-state index contributed by atoms with van der Waals surface area (Å²) >= 11 is 1.64. The van der Waals surface area contributed by atoms with E-state index in [2.05, 4.69) is 52.5 Å². The fraction of sp³-hybridized carbons (Fsp3) is 0.250. The van der Waals surface area contributed by atoms with E-state index in [1.54, 1.807) is 30.6 Å². The van der Waals surface area contributed by atoms with Gasteiger partial charge in [0.15, 0.2) is 0 Å². The highest BCUT2D eigenvalue weighted by molar-refractivity contribution is 7.18. The Hall–Kier alpha value is -3.19. The summed E-state index contributed by atoms with van der Waals surface area (Å²) in [5, 5.41) is 4.47. The van der Waals surface area contributed by atoms with Gasteiger partial charge >= 0.3 is 6.01 Å². The Morgan fingerprint density at radius 3 is 2.39 bits per heavy atom. The van der Waals surface area contributed by atoms with Crippen LogP contribution in [0.5, 0.6) is 11.8 Å². The van der Waals surface area contributed by atoms with Gasteiger partial charge in [-0.05, 0) is 54.7 Å². The van der Waals surface area contributed by atoms with Crippen LogP contribution >= 0.6 is 11.3 Å². The number of nitrogens with one attached hydrogen (secondary N) is 1. The number of hydrogen-bond acceptors (Lipinski definition) is 6. The van der Waals surface area contributed by atoms with Gasteiger partial charge in [0.1, 0.15) is 16.4 Å². The number of methoxy groups -OCH3 is 1. The molecular formula is C24H24FN3O2S. The first kappa shape index (κ1) is 21.1. The predicted octanol–water partition coefficient (Wildman–Crippen LogP) is 6.03. The molecule has 0 aliphatic rings. The minimum absolute atomic E-state index is 0.386. The van der Waals surface area contributed by atoms with Crippen LogP contribution in [0.4, 0.5) is 10.2 Å². The number of hydrogen-bond donors (Lipinski definition) is 1. The van der Waals surface area contributed by atoms with Crippen molar-refractivity contribution in [3.05, 3.63) is 65.0 Å². The lowest BCUT2D eigenvalue weighted by Gasteiger charge is -2.09. The first-order valence-electron chi connectivity index (χ1n) is 10.1. The molecular weight excluding hydrogens is 413 g/mol. The highest BCUT2D eigenvalue weighted by Gasteiger charge is 2.10. The van der Waals surface area contributed by atoms with Crippen LogP contribution in [0.15, 0.2) is 54.6 Å². The second-order valence-electron chi connectivity index (χ2n) is 7.14. The van der Waals surface area contributed by atoms with Crippen molar-refractivity contribution in [3.8, 4) is 22.9 Å². The van der Waals surface area contributed by atoms with E-state index in [0.29, 0.717) is 11.8 Å². The Kier molecular flexibility index (Phi) is 6.62. The van der Waals surface area contributed by atoms with Crippen molar-refractivity contribution >= 4 is 27.4 Å². The first-order valence-corrected chi connectivity index (χ1v) is 10.9. The molecule has 4 aromatic rings. The van der Waals surface area contributed by atoms with E-state index < -0.39 is 6.86 Å². The molecule has 0 radical (unpaired) electrons. The molecule has 2 aromatic heterocycles. The lowest BCUT2D eigenvalue weighted by Crippen LogP contribution is -2.06. The number of anilines is 1. The molecule has 0 saturated carbocycles. The second-order valence-corrected chi connectivity index (χ2v) is 8.37. The number of rotatable bonds is 9. The molecule has 0 unspecified atom stereocenters. The van der Waals surface area contributed by atoms with Crippen molar-refractivity contribution in [1.82, 2.24) is 9.97 Å². The van der Waals surface area contributed by atoms with Gasteiger partial charge in [-0.25, -0.2) is 4.39 Å². The van der Waals surface area contributed by atoms with Gasteiger partial charge in [0.05, 0.1) is 12.5 Å². The Labute approximate surface area is 184 Å². The number of benzene rings is 2. The van der Waals surface area contributed by atoms with Crippen molar-refractivity contribution in [2.24, 2.45) is 0 Å². The quantitative estimate of drug-likeness (QED) is 0.324. The summed E-state index contributed by atoms with van der Waals surface area (Å²) in [5.74, 6) is 1.35. The molecule has 1 N–H and O–H groups in total. The molecule has 0 saturated heterocycles. The SMILES string of the molecule is COc1nc(NCCCc2ccc(-c3ccc(OCF)cc3)cc2)c2cc(C)sc2n1. The highest BCUT2D eigenvalue weighted by atomic mass is 32.1. The van der Waals surface area contributed by atoms with Crippen LogP contribution < -0.4 is 14.8 Å². The molecule has 0 bridgehead atoms. The monoisotopic (exact) mass is 437 g/mol. The molecule has 0 aliphatic heterocycles. The van der Waals surface area contributed by atoms with Crippen LogP contribution in [-0.2, 0) is 6.42 Å². The summed E-state index contributed by atoms with van der Waals surface area (Å²) in [6.45, 7) is 2.06. The summed E-state index contributed by atoms with van der Waals surface area (Å²) in [7, 11) is 1.58. The molecule has 31 heavy (non-hydrogen) atoms. The number of aryl methyl sites for hydroxylation is 2. The van der Waals surface area contributed by atoms with E-state index in [0.717, 1.165) is 46.5 Å². The fourth-order valence-electron chi connectivity index (χ4n) is 3.42. The zero-order chi connectivity index (χ0) is 21.6. The zero-order valence-corrected chi connectivity index (χ0v) is 18.3. The maximum absolute atomic E-state index is 12.2. The van der Waals surface area contributed by atoms with Gasteiger partial charge in [-0.15, -0.1) is 11.3 Å². The van der Waals surface area contributed by atoms with Gasteiger partial charge < -0.3 is 14.8 Å². The van der Waals surface area contributed by atoms with Crippen molar-refractivity contribution in [3.63, 3.8) is 0 Å². The number of nitrogens with zero attached hydrogens (tertiary/aromatic N) is 2. The Bertz CT molecular complexity index is 1140. The van der Waals surface area contributed by atoms with Crippen LogP contribution in [-0.4, -0.2) is 30.5 Å². The molecule has 160 valence electrons. The Morgan fingerprint density at radius 2 is 1.71 bits per heavy atom. The molecule has 7 heteroatoms. The molecule has 0 amide bonds. The first-order chi connectivity index (χ1) is 15.2. The summed E-state index contributed by atoms with van der Waals surface area (Å²) < 4.78 is 22.3. The van der Waals surface area contributed by atoms with E-state index in [1.807, 2.05) is 12.1 Å². The third kappa shape index (κ3) is 5.11. The van der Waals surface area contributed by atoms with Crippen molar-refractivity contribution in [1.29, 1.82) is 0 Å². The number of ether oxygens (including phenoxy) is 2. The largest absolute Gasteiger partial charge is 0.467 e. The summed E-state index contributed by atoms with van der Waals surface area (Å²) in [6.07, 6.45) is 1.94. The molecule has 0 aliphatic carbocycles. The number of aromatic nitrogens is 2. The molecule has 4 rings (SSSR count). The Morgan fingerprint density at radius 1 is 1.00 bits per heavy atom. The fourth-order valence-corrected chi connectivity index (χ4v) is 4.29. The minimum atomic E-state index is -0.814. The van der Waals surface area contributed by atoms with Gasteiger partial charge in [0, 0.05) is 11.4 Å². The highest BCUT2D eigenvalue weighted by Crippen LogP contribution is 2.30. The number of halogens is 1. The average molecular weight is 438 g/mol. The lowest BCUT2D eigenvalue weighted by molar-refractivity contribution is 0.192.